The van der Waals surface area contributed by atoms with Crippen molar-refractivity contribution < 1.29 is 19.0 Å². The first-order chi connectivity index (χ1) is 15.6. The Kier molecular flexibility index (Phi) is 5.31. The lowest BCUT2D eigenvalue weighted by Crippen LogP contribution is -2.42. The molecule has 0 bridgehead atoms. The van der Waals surface area contributed by atoms with Crippen LogP contribution < -0.4 is 10.1 Å². The van der Waals surface area contributed by atoms with Crippen LogP contribution in [-0.2, 0) is 0 Å². The maximum atomic E-state index is 13.4. The Labute approximate surface area is 186 Å². The normalized spacial score (nSPS) is 21.5. The number of likely N-dealkylation sites (tertiary alicyclic amines) is 1. The van der Waals surface area contributed by atoms with Gasteiger partial charge in [0.15, 0.2) is 0 Å². The molecule has 0 aliphatic carbocycles. The molecular formula is C26H25FN2O3. The monoisotopic (exact) mass is 432 g/mol. The molecular weight excluding hydrogens is 407 g/mol. The molecule has 1 amide bonds. The second-order valence-corrected chi connectivity index (χ2v) is 8.37. The van der Waals surface area contributed by atoms with E-state index in [0.29, 0.717) is 12.1 Å². The van der Waals surface area contributed by atoms with E-state index in [9.17, 15) is 14.3 Å². The van der Waals surface area contributed by atoms with E-state index in [0.717, 1.165) is 34.5 Å². The van der Waals surface area contributed by atoms with Gasteiger partial charge in [0.2, 0.25) is 0 Å². The molecule has 3 aromatic carbocycles. The molecule has 164 valence electrons. The minimum atomic E-state index is -0.365. The lowest BCUT2D eigenvalue weighted by Gasteiger charge is -2.39. The fourth-order valence-corrected chi connectivity index (χ4v) is 5.03. The number of amides is 1. The largest absolute Gasteiger partial charge is 0.497 e. The average Bonchev–Trinajstić information content (AvgIpc) is 3.29. The molecule has 2 N–H and O–H groups in total. The summed E-state index contributed by atoms with van der Waals surface area (Å²) in [7, 11) is 1.65. The summed E-state index contributed by atoms with van der Waals surface area (Å²) in [6.07, 6.45) is 0.790. The van der Waals surface area contributed by atoms with Crippen molar-refractivity contribution in [2.24, 2.45) is 5.92 Å². The second kappa shape index (κ2) is 8.28. The number of ether oxygens (including phenoxy) is 1. The van der Waals surface area contributed by atoms with Crippen molar-refractivity contribution in [2.75, 3.05) is 25.6 Å². The van der Waals surface area contributed by atoms with Crippen LogP contribution in [-0.4, -0.2) is 42.2 Å². The number of carbonyl (C=O) groups excluding carboxylic acids is 1. The number of rotatable bonds is 4. The maximum absolute atomic E-state index is 13.4. The quantitative estimate of drug-likeness (QED) is 0.638. The molecule has 0 spiro atoms. The number of benzene rings is 3. The van der Waals surface area contributed by atoms with Crippen LogP contribution in [0.15, 0.2) is 66.7 Å². The topological polar surface area (TPSA) is 61.8 Å². The molecule has 5 nitrogen and oxygen atoms in total. The first-order valence-electron chi connectivity index (χ1n) is 10.8. The second-order valence-electron chi connectivity index (χ2n) is 8.37. The minimum absolute atomic E-state index is 0.00315. The number of aliphatic hydroxyl groups is 1. The number of aliphatic hydroxyl groups excluding tert-OH is 1. The van der Waals surface area contributed by atoms with Crippen molar-refractivity contribution in [3.63, 3.8) is 0 Å². The van der Waals surface area contributed by atoms with E-state index in [1.54, 1.807) is 7.11 Å². The Balaban J connectivity index is 1.56. The Morgan fingerprint density at radius 2 is 1.91 bits per heavy atom. The number of halogens is 1. The predicted octanol–water partition coefficient (Wildman–Crippen LogP) is 4.49. The molecule has 0 unspecified atom stereocenters. The lowest BCUT2D eigenvalue weighted by molar-refractivity contribution is 0.0701. The molecule has 0 saturated carbocycles. The molecule has 2 heterocycles. The maximum Gasteiger partial charge on any atom is 0.254 e. The predicted molar refractivity (Wildman–Crippen MR) is 121 cm³/mol. The first-order valence-corrected chi connectivity index (χ1v) is 10.8. The molecule has 6 heteroatoms. The van der Waals surface area contributed by atoms with Crippen molar-refractivity contribution in [1.82, 2.24) is 4.90 Å². The highest BCUT2D eigenvalue weighted by Crippen LogP contribution is 2.47. The summed E-state index contributed by atoms with van der Waals surface area (Å²) in [5.74, 6) is 0.396. The van der Waals surface area contributed by atoms with Gasteiger partial charge in [-0.2, -0.15) is 0 Å². The summed E-state index contributed by atoms with van der Waals surface area (Å²) in [6.45, 7) is 0.587. The van der Waals surface area contributed by atoms with Crippen LogP contribution in [0.4, 0.5) is 10.1 Å². The first kappa shape index (κ1) is 20.5. The van der Waals surface area contributed by atoms with Gasteiger partial charge in [0.05, 0.1) is 25.8 Å². The minimum Gasteiger partial charge on any atom is -0.497 e. The van der Waals surface area contributed by atoms with Crippen molar-refractivity contribution in [3.8, 4) is 16.9 Å². The zero-order valence-corrected chi connectivity index (χ0v) is 17.8. The smallest absolute Gasteiger partial charge is 0.254 e. The molecule has 32 heavy (non-hydrogen) atoms. The molecule has 2 aliphatic heterocycles. The van der Waals surface area contributed by atoms with E-state index in [4.69, 9.17) is 4.74 Å². The number of anilines is 1. The van der Waals surface area contributed by atoms with Crippen molar-refractivity contribution in [1.29, 1.82) is 0 Å². The van der Waals surface area contributed by atoms with Crippen LogP contribution >= 0.6 is 0 Å². The molecule has 3 atom stereocenters. The standard InChI is InChI=1S/C26H25FN2O3/c1-32-20-4-2-3-17(13-20)18-7-10-23-22(14-18)25-21(24(15-30)28-23)11-12-29(25)26(31)16-5-8-19(27)9-6-16/h2-10,13-14,21,24-25,28,30H,11-12,15H2,1H3/t21-,24+,25-/m0/s1. The van der Waals surface area contributed by atoms with Crippen LogP contribution in [0.3, 0.4) is 0 Å². The highest BCUT2D eigenvalue weighted by atomic mass is 19.1. The van der Waals surface area contributed by atoms with Crippen LogP contribution in [0.1, 0.15) is 28.4 Å². The number of hydrogen-bond donors (Lipinski definition) is 2. The Morgan fingerprint density at radius 3 is 2.66 bits per heavy atom. The average molecular weight is 432 g/mol. The fraction of sp³-hybridized carbons (Fsp3) is 0.269. The van der Waals surface area contributed by atoms with Gasteiger partial charge < -0.3 is 20.1 Å². The summed E-state index contributed by atoms with van der Waals surface area (Å²) in [5.41, 5.74) is 4.49. The highest BCUT2D eigenvalue weighted by Gasteiger charge is 2.45. The molecule has 0 aromatic heterocycles. The van der Waals surface area contributed by atoms with Gasteiger partial charge in [0, 0.05) is 23.7 Å². The van der Waals surface area contributed by atoms with Crippen molar-refractivity contribution in [2.45, 2.75) is 18.5 Å². The van der Waals surface area contributed by atoms with Crippen LogP contribution in [0.2, 0.25) is 0 Å². The summed E-state index contributed by atoms with van der Waals surface area (Å²) >= 11 is 0. The number of nitrogens with zero attached hydrogens (tertiary/aromatic N) is 1. The van der Waals surface area contributed by atoms with Crippen molar-refractivity contribution >= 4 is 11.6 Å². The van der Waals surface area contributed by atoms with E-state index in [2.05, 4.69) is 11.4 Å². The number of hydrogen-bond acceptors (Lipinski definition) is 4. The molecule has 3 aromatic rings. The third-order valence-corrected chi connectivity index (χ3v) is 6.62. The molecule has 0 radical (unpaired) electrons. The van der Waals surface area contributed by atoms with E-state index in [-0.39, 0.29) is 36.3 Å². The van der Waals surface area contributed by atoms with Gasteiger partial charge in [-0.25, -0.2) is 4.39 Å². The van der Waals surface area contributed by atoms with E-state index < -0.39 is 0 Å². The third-order valence-electron chi connectivity index (χ3n) is 6.62. The summed E-state index contributed by atoms with van der Waals surface area (Å²) in [6, 6.07) is 19.5. The fourth-order valence-electron chi connectivity index (χ4n) is 5.03. The van der Waals surface area contributed by atoms with Crippen LogP contribution in [0.5, 0.6) is 5.75 Å². The van der Waals surface area contributed by atoms with Gasteiger partial charge in [-0.05, 0) is 71.6 Å². The Hall–Kier alpha value is -3.38. The summed E-state index contributed by atoms with van der Waals surface area (Å²) in [5, 5.41) is 13.5. The number of nitrogens with one attached hydrogen (secondary N) is 1. The van der Waals surface area contributed by atoms with Gasteiger partial charge in [0.25, 0.3) is 5.91 Å². The molecule has 5 rings (SSSR count). The number of methoxy groups -OCH3 is 1. The zero-order chi connectivity index (χ0) is 22.2. The molecule has 2 aliphatic rings. The van der Waals surface area contributed by atoms with Crippen LogP contribution in [0.25, 0.3) is 11.1 Å². The van der Waals surface area contributed by atoms with Gasteiger partial charge in [-0.1, -0.05) is 18.2 Å². The van der Waals surface area contributed by atoms with E-state index >= 15 is 0 Å². The Morgan fingerprint density at radius 1 is 1.12 bits per heavy atom. The van der Waals surface area contributed by atoms with Crippen LogP contribution in [0, 0.1) is 11.7 Å². The lowest BCUT2D eigenvalue weighted by atomic mass is 9.82. The van der Waals surface area contributed by atoms with E-state index in [1.807, 2.05) is 41.3 Å². The van der Waals surface area contributed by atoms with Crippen molar-refractivity contribution in [3.05, 3.63) is 83.7 Å². The number of carbonyl (C=O) groups is 1. The number of fused-ring (bicyclic) bond motifs is 3. The van der Waals surface area contributed by atoms with Gasteiger partial charge >= 0.3 is 0 Å². The van der Waals surface area contributed by atoms with Gasteiger partial charge in [-0.15, -0.1) is 0 Å². The Bertz CT molecular complexity index is 1150. The summed E-state index contributed by atoms with van der Waals surface area (Å²) < 4.78 is 18.8. The van der Waals surface area contributed by atoms with E-state index in [1.165, 1.54) is 24.3 Å². The SMILES string of the molecule is COc1cccc(-c2ccc3c(c2)[C@@H]2[C@@H](CCN2C(=O)c2ccc(F)cc2)[C@@H](CO)N3)c1. The highest BCUT2D eigenvalue weighted by molar-refractivity contribution is 5.95. The zero-order valence-electron chi connectivity index (χ0n) is 17.8. The van der Waals surface area contributed by atoms with Gasteiger partial charge in [0.1, 0.15) is 11.6 Å². The molecule has 1 fully saturated rings. The van der Waals surface area contributed by atoms with Gasteiger partial charge in [-0.3, -0.25) is 4.79 Å². The third kappa shape index (κ3) is 3.50. The molecule has 1 saturated heterocycles. The summed E-state index contributed by atoms with van der Waals surface area (Å²) in [4.78, 5) is 15.2.